The lowest BCUT2D eigenvalue weighted by molar-refractivity contribution is 0.274. The molecule has 0 aliphatic heterocycles. The number of benzene rings is 1. The molecule has 0 amide bonds. The minimum Gasteiger partial charge on any atom is -0.420 e. The van der Waals surface area contributed by atoms with Gasteiger partial charge in [-0.15, -0.1) is 13.2 Å². The van der Waals surface area contributed by atoms with Crippen molar-refractivity contribution in [2.75, 3.05) is 7.11 Å². The summed E-state index contributed by atoms with van der Waals surface area (Å²) in [6.45, 7) is 25.7. The predicted molar refractivity (Wildman–Crippen MR) is 142 cm³/mol. The van der Waals surface area contributed by atoms with Gasteiger partial charge < -0.3 is 16.8 Å². The van der Waals surface area contributed by atoms with E-state index in [-0.39, 0.29) is 0 Å². The first-order chi connectivity index (χ1) is 13.6. The lowest BCUT2D eigenvalue weighted by Gasteiger charge is -2.44. The zero-order valence-corrected chi connectivity index (χ0v) is 25.5. The average Bonchev–Trinajstić information content (AvgIpc) is 2.66. The highest BCUT2D eigenvalue weighted by molar-refractivity contribution is 6.98. The molecular weight excluding hydrogens is 457 g/mol. The molecule has 0 saturated heterocycles. The van der Waals surface area contributed by atoms with Gasteiger partial charge >= 0.3 is 8.80 Å². The molecule has 0 heterocycles. The van der Waals surface area contributed by atoms with Crippen molar-refractivity contribution in [3.63, 3.8) is 0 Å². The Balaban J connectivity index is 3.48. The zero-order valence-electron chi connectivity index (χ0n) is 20.5. The van der Waals surface area contributed by atoms with Crippen molar-refractivity contribution in [2.45, 2.75) is 64.5 Å². The molecule has 0 aliphatic rings. The smallest absolute Gasteiger partial charge is 0.420 e. The molecule has 1 aromatic rings. The summed E-state index contributed by atoms with van der Waals surface area (Å²) in [7, 11) is -9.60. The minimum atomic E-state index is -3.21. The summed E-state index contributed by atoms with van der Waals surface area (Å²) in [6, 6.07) is 12.3. The fourth-order valence-electron chi connectivity index (χ4n) is 2.78. The van der Waals surface area contributed by atoms with Gasteiger partial charge in [-0.25, -0.2) is 0 Å². The van der Waals surface area contributed by atoms with E-state index in [1.54, 1.807) is 0 Å². The molecule has 0 spiro atoms. The molecule has 1 rings (SSSR count). The van der Waals surface area contributed by atoms with E-state index in [0.29, 0.717) is 0 Å². The van der Waals surface area contributed by atoms with Crippen molar-refractivity contribution in [1.82, 2.24) is 0 Å². The van der Waals surface area contributed by atoms with Crippen LogP contribution >= 0.6 is 0 Å². The third kappa shape index (κ3) is 8.63. The summed E-state index contributed by atoms with van der Waals surface area (Å²) >= 11 is 0. The van der Waals surface area contributed by atoms with E-state index < -0.39 is 42.1 Å². The first kappa shape index (κ1) is 27.7. The van der Waals surface area contributed by atoms with Crippen molar-refractivity contribution in [2.24, 2.45) is 0 Å². The summed E-state index contributed by atoms with van der Waals surface area (Å²) in [4.78, 5) is 0. The van der Waals surface area contributed by atoms with Gasteiger partial charge in [0.15, 0.2) is 16.6 Å². The number of hydrogen-bond acceptors (Lipinski definition) is 4. The predicted octanol–water partition coefficient (Wildman–Crippen LogP) is 5.80. The fourth-order valence-corrected chi connectivity index (χ4v) is 21.0. The molecule has 0 bridgehead atoms. The molecule has 0 fully saturated rings. The van der Waals surface area contributed by atoms with Crippen LogP contribution < -0.4 is 5.19 Å². The van der Waals surface area contributed by atoms with Gasteiger partial charge in [0.1, 0.15) is 0 Å². The highest BCUT2D eigenvalue weighted by atomic mass is 28.5. The maximum atomic E-state index is 7.10. The maximum absolute atomic E-state index is 7.10. The highest BCUT2D eigenvalue weighted by Crippen LogP contribution is 2.30. The first-order valence-corrected chi connectivity index (χ1v) is 24.5. The van der Waals surface area contributed by atoms with Crippen molar-refractivity contribution in [1.29, 1.82) is 0 Å². The van der Waals surface area contributed by atoms with Crippen LogP contribution in [0.25, 0.3) is 0 Å². The number of hydrogen-bond donors (Lipinski definition) is 0. The Kier molecular flexibility index (Phi) is 9.67. The molecule has 0 radical (unpaired) electrons. The van der Waals surface area contributed by atoms with Crippen LogP contribution in [-0.4, -0.2) is 49.2 Å². The van der Waals surface area contributed by atoms with E-state index in [1.165, 1.54) is 0 Å². The molecule has 4 nitrogen and oxygen atoms in total. The molecule has 30 heavy (non-hydrogen) atoms. The second-order valence-corrected chi connectivity index (χ2v) is 29.9. The molecule has 0 atom stereocenters. The average molecular weight is 499 g/mol. The normalized spacial score (nSPS) is 13.9. The third-order valence-electron chi connectivity index (χ3n) is 5.20. The Bertz CT molecular complexity index is 683. The van der Waals surface area contributed by atoms with Crippen LogP contribution in [0.15, 0.2) is 54.9 Å². The maximum Gasteiger partial charge on any atom is 0.506 e. The van der Waals surface area contributed by atoms with Crippen LogP contribution in [-0.2, 0) is 16.8 Å². The summed E-state index contributed by atoms with van der Waals surface area (Å²) in [5.74, 6) is 0. The quantitative estimate of drug-likeness (QED) is 0.322. The summed E-state index contributed by atoms with van der Waals surface area (Å²) in [5, 5.41) is 1.03. The van der Waals surface area contributed by atoms with Gasteiger partial charge in [-0.05, 0) is 64.5 Å². The van der Waals surface area contributed by atoms with Crippen LogP contribution in [0.5, 0.6) is 0 Å². The lowest BCUT2D eigenvalue weighted by Crippen LogP contribution is -2.68. The molecule has 0 saturated carbocycles. The van der Waals surface area contributed by atoms with Crippen LogP contribution in [0.4, 0.5) is 0 Å². The largest absolute Gasteiger partial charge is 0.506 e. The SMILES string of the molecule is C=C[Si](C)(C)O[Si](O[Si](C)(C)C=C)(O[Si](C)(C)CC[Si](C)(C)OC)c1ccccc1. The number of rotatable bonds is 13. The van der Waals surface area contributed by atoms with Crippen molar-refractivity contribution >= 4 is 47.3 Å². The fraction of sp³-hybridized carbons (Fsp3) is 0.524. The summed E-state index contributed by atoms with van der Waals surface area (Å²) in [5.41, 5.74) is 3.92. The zero-order chi connectivity index (χ0) is 23.3. The van der Waals surface area contributed by atoms with Crippen LogP contribution in [0.3, 0.4) is 0 Å². The Labute approximate surface area is 190 Å². The second-order valence-electron chi connectivity index (χ2n) is 10.1. The summed E-state index contributed by atoms with van der Waals surface area (Å²) < 4.78 is 26.7. The van der Waals surface area contributed by atoms with Gasteiger partial charge in [-0.1, -0.05) is 41.7 Å². The van der Waals surface area contributed by atoms with E-state index in [4.69, 9.17) is 16.8 Å². The summed E-state index contributed by atoms with van der Waals surface area (Å²) in [6.07, 6.45) is 0. The van der Waals surface area contributed by atoms with Gasteiger partial charge in [0.2, 0.25) is 16.6 Å². The van der Waals surface area contributed by atoms with Crippen LogP contribution in [0, 0.1) is 0 Å². The highest BCUT2D eigenvalue weighted by Gasteiger charge is 2.53. The van der Waals surface area contributed by atoms with Crippen molar-refractivity contribution in [3.05, 3.63) is 54.9 Å². The molecule has 1 aromatic carbocycles. The van der Waals surface area contributed by atoms with Gasteiger partial charge in [0.25, 0.3) is 0 Å². The molecule has 0 N–H and O–H groups in total. The van der Waals surface area contributed by atoms with Gasteiger partial charge in [-0.3, -0.25) is 0 Å². The van der Waals surface area contributed by atoms with Gasteiger partial charge in [-0.2, -0.15) is 0 Å². The molecule has 9 heteroatoms. The van der Waals surface area contributed by atoms with Crippen molar-refractivity contribution < 1.29 is 16.8 Å². The van der Waals surface area contributed by atoms with Gasteiger partial charge in [0.05, 0.1) is 0 Å². The Morgan fingerprint density at radius 3 is 1.53 bits per heavy atom. The lowest BCUT2D eigenvalue weighted by atomic mass is 10.4. The topological polar surface area (TPSA) is 36.9 Å². The standard InChI is InChI=1S/C21H42O4Si5/c1-12-26(4,5)23-30(24-27(6,7)13-2,21-17-15-14-16-18-21)25-29(10,11)20-19-28(8,9)22-3/h12-18H,1-2,19-20H2,3-11H3. The Morgan fingerprint density at radius 1 is 0.700 bits per heavy atom. The Hall–Kier alpha value is -0.376. The monoisotopic (exact) mass is 498 g/mol. The molecule has 0 aliphatic carbocycles. The molecule has 0 unspecified atom stereocenters. The third-order valence-corrected chi connectivity index (χ3v) is 22.4. The van der Waals surface area contributed by atoms with E-state index in [9.17, 15) is 0 Å². The Morgan fingerprint density at radius 2 is 1.13 bits per heavy atom. The van der Waals surface area contributed by atoms with E-state index in [0.717, 1.165) is 17.3 Å². The van der Waals surface area contributed by atoms with E-state index in [2.05, 4.69) is 77.7 Å². The minimum absolute atomic E-state index is 1.01. The molecule has 0 aromatic heterocycles. The van der Waals surface area contributed by atoms with Crippen molar-refractivity contribution in [3.8, 4) is 0 Å². The van der Waals surface area contributed by atoms with Crippen LogP contribution in [0.1, 0.15) is 0 Å². The first-order valence-electron chi connectivity index (χ1n) is 10.6. The van der Waals surface area contributed by atoms with E-state index in [1.807, 2.05) is 36.7 Å². The second kappa shape index (κ2) is 10.5. The molecule has 170 valence electrons. The molecular formula is C21H42O4Si5. The van der Waals surface area contributed by atoms with E-state index >= 15 is 0 Å². The van der Waals surface area contributed by atoms with Gasteiger partial charge in [0, 0.05) is 12.3 Å². The van der Waals surface area contributed by atoms with Crippen LogP contribution in [0.2, 0.25) is 64.5 Å².